The van der Waals surface area contributed by atoms with Gasteiger partial charge >= 0.3 is 0 Å². The molecule has 0 amide bonds. The Balaban J connectivity index is 1.53. The van der Waals surface area contributed by atoms with Gasteiger partial charge in [-0.3, -0.25) is 15.1 Å². The second-order valence-electron chi connectivity index (χ2n) is 6.58. The molecule has 5 aromatic heterocycles. The van der Waals surface area contributed by atoms with Crippen LogP contribution in [-0.2, 0) is 0 Å². The maximum absolute atomic E-state index is 5.23. The number of fused-ring (bicyclic) bond motifs is 2. The highest BCUT2D eigenvalue weighted by molar-refractivity contribution is 5.97. The second kappa shape index (κ2) is 6.10. The Morgan fingerprint density at radius 3 is 2.79 bits per heavy atom. The highest BCUT2D eigenvalue weighted by Crippen LogP contribution is 2.32. The van der Waals surface area contributed by atoms with Crippen molar-refractivity contribution in [2.24, 2.45) is 0 Å². The molecule has 0 atom stereocenters. The average molecular weight is 379 g/mol. The highest BCUT2D eigenvalue weighted by Gasteiger charge is 2.16. The molecule has 2 N–H and O–H groups in total. The van der Waals surface area contributed by atoms with E-state index < -0.39 is 0 Å². The molecule has 0 unspecified atom stereocenters. The zero-order valence-corrected chi connectivity index (χ0v) is 15.0. The first-order valence-electron chi connectivity index (χ1n) is 8.99. The molecule has 6 aromatic rings. The molecule has 0 radical (unpaired) electrons. The number of benzene rings is 1. The fourth-order valence-corrected chi connectivity index (χ4v) is 3.48. The van der Waals surface area contributed by atoms with Gasteiger partial charge in [-0.15, -0.1) is 0 Å². The molecule has 0 fully saturated rings. The number of nitrogens with one attached hydrogen (secondary N) is 2. The normalized spacial score (nSPS) is 11.4. The Kier molecular flexibility index (Phi) is 3.30. The first-order valence-corrected chi connectivity index (χ1v) is 8.99. The van der Waals surface area contributed by atoms with Gasteiger partial charge in [-0.25, -0.2) is 9.97 Å². The van der Waals surface area contributed by atoms with Crippen molar-refractivity contribution in [3.8, 4) is 33.9 Å². The number of nitrogens with zero attached hydrogens (tertiary/aromatic N) is 5. The number of pyridine rings is 1. The number of hydrogen-bond acceptors (Lipinski definition) is 6. The van der Waals surface area contributed by atoms with Crippen LogP contribution in [0.15, 0.2) is 72.1 Å². The summed E-state index contributed by atoms with van der Waals surface area (Å²) in [5.41, 5.74) is 6.80. The van der Waals surface area contributed by atoms with E-state index in [1.54, 1.807) is 37.3 Å². The van der Waals surface area contributed by atoms with Crippen molar-refractivity contribution in [1.29, 1.82) is 0 Å². The molecule has 0 saturated carbocycles. The fourth-order valence-electron chi connectivity index (χ4n) is 3.48. The zero-order valence-electron chi connectivity index (χ0n) is 15.0. The topological polar surface area (TPSA) is 109 Å². The molecule has 0 aliphatic rings. The molecule has 29 heavy (non-hydrogen) atoms. The molecule has 0 aliphatic heterocycles. The van der Waals surface area contributed by atoms with E-state index >= 15 is 0 Å². The van der Waals surface area contributed by atoms with Crippen molar-refractivity contribution < 1.29 is 4.42 Å². The molecule has 1 aromatic carbocycles. The van der Waals surface area contributed by atoms with Gasteiger partial charge in [-0.05, 0) is 24.3 Å². The molecule has 0 aliphatic carbocycles. The van der Waals surface area contributed by atoms with Gasteiger partial charge in [0, 0.05) is 40.7 Å². The Labute approximate surface area is 163 Å². The molecule has 8 heteroatoms. The van der Waals surface area contributed by atoms with E-state index in [0.29, 0.717) is 11.5 Å². The summed E-state index contributed by atoms with van der Waals surface area (Å²) in [6, 6.07) is 9.85. The average Bonchev–Trinajstić information content (AvgIpc) is 3.52. The molecule has 138 valence electrons. The SMILES string of the molecule is c1cnc(-c2ccc3[nH]nc(-c4nc5nccc(-c6ccoc6)c5[nH]4)c3c2)cn1. The van der Waals surface area contributed by atoms with Crippen LogP contribution in [0.5, 0.6) is 0 Å². The summed E-state index contributed by atoms with van der Waals surface area (Å²) in [5, 5.41) is 8.50. The van der Waals surface area contributed by atoms with Crippen molar-refractivity contribution in [2.45, 2.75) is 0 Å². The van der Waals surface area contributed by atoms with Crippen molar-refractivity contribution in [3.63, 3.8) is 0 Å². The minimum Gasteiger partial charge on any atom is -0.472 e. The third kappa shape index (κ3) is 2.50. The van der Waals surface area contributed by atoms with Crippen molar-refractivity contribution in [2.75, 3.05) is 0 Å². The van der Waals surface area contributed by atoms with Gasteiger partial charge in [0.1, 0.15) is 5.69 Å². The Hall–Kier alpha value is -4.33. The van der Waals surface area contributed by atoms with Crippen LogP contribution in [0.2, 0.25) is 0 Å². The summed E-state index contributed by atoms with van der Waals surface area (Å²) in [7, 11) is 0. The van der Waals surface area contributed by atoms with Gasteiger partial charge in [0.2, 0.25) is 0 Å². The summed E-state index contributed by atoms with van der Waals surface area (Å²) >= 11 is 0. The van der Waals surface area contributed by atoms with E-state index in [1.807, 2.05) is 30.3 Å². The number of furan rings is 1. The van der Waals surface area contributed by atoms with E-state index in [4.69, 9.17) is 4.42 Å². The summed E-state index contributed by atoms with van der Waals surface area (Å²) < 4.78 is 5.23. The van der Waals surface area contributed by atoms with E-state index in [1.165, 1.54) is 0 Å². The lowest BCUT2D eigenvalue weighted by molar-refractivity contribution is 0.568. The van der Waals surface area contributed by atoms with Gasteiger partial charge in [-0.2, -0.15) is 5.10 Å². The van der Waals surface area contributed by atoms with Gasteiger partial charge in [0.25, 0.3) is 0 Å². The first kappa shape index (κ1) is 15.7. The number of rotatable bonds is 3. The van der Waals surface area contributed by atoms with Crippen LogP contribution < -0.4 is 0 Å². The summed E-state index contributed by atoms with van der Waals surface area (Å²) in [6.45, 7) is 0. The fraction of sp³-hybridized carbons (Fsp3) is 0. The lowest BCUT2D eigenvalue weighted by atomic mass is 10.1. The molecular formula is C21H13N7O. The predicted molar refractivity (Wildman–Crippen MR) is 108 cm³/mol. The van der Waals surface area contributed by atoms with Gasteiger partial charge in [0.05, 0.1) is 35.5 Å². The van der Waals surface area contributed by atoms with Crippen LogP contribution in [0, 0.1) is 0 Å². The van der Waals surface area contributed by atoms with Crippen LogP contribution in [-0.4, -0.2) is 35.1 Å². The minimum atomic E-state index is 0.625. The van der Waals surface area contributed by atoms with Crippen molar-refractivity contribution in [1.82, 2.24) is 35.1 Å². The van der Waals surface area contributed by atoms with Gasteiger partial charge in [0.15, 0.2) is 11.5 Å². The number of aromatic nitrogens is 7. The molecule has 0 spiro atoms. The lowest BCUT2D eigenvalue weighted by Gasteiger charge is -2.00. The molecular weight excluding hydrogens is 366 g/mol. The Morgan fingerprint density at radius 2 is 1.93 bits per heavy atom. The molecule has 5 heterocycles. The molecule has 8 nitrogen and oxygen atoms in total. The first-order chi connectivity index (χ1) is 14.4. The third-order valence-electron chi connectivity index (χ3n) is 4.87. The zero-order chi connectivity index (χ0) is 19.2. The van der Waals surface area contributed by atoms with E-state index in [2.05, 4.69) is 35.1 Å². The molecule has 0 bridgehead atoms. The minimum absolute atomic E-state index is 0.625. The number of imidazole rings is 1. The standard InChI is InChI=1S/C21H13N7O/c1-2-16-15(9-12(1)17-10-22-6-7-23-17)19(28-27-16)21-25-18-14(13-4-8-29-11-13)3-5-24-20(18)26-21/h1-11H,(H,27,28)(H,24,25,26). The molecule has 6 rings (SSSR count). The summed E-state index contributed by atoms with van der Waals surface area (Å²) in [6.07, 6.45) is 10.2. The number of hydrogen-bond donors (Lipinski definition) is 2. The van der Waals surface area contributed by atoms with E-state index in [9.17, 15) is 0 Å². The summed E-state index contributed by atoms with van der Waals surface area (Å²) in [5.74, 6) is 0.644. The number of aromatic amines is 2. The van der Waals surface area contributed by atoms with Gasteiger partial charge < -0.3 is 9.40 Å². The van der Waals surface area contributed by atoms with Crippen LogP contribution in [0.4, 0.5) is 0 Å². The predicted octanol–water partition coefficient (Wildman–Crippen LogP) is 4.22. The van der Waals surface area contributed by atoms with Crippen molar-refractivity contribution >= 4 is 22.1 Å². The van der Waals surface area contributed by atoms with E-state index in [0.717, 1.165) is 44.5 Å². The van der Waals surface area contributed by atoms with Crippen LogP contribution >= 0.6 is 0 Å². The quantitative estimate of drug-likeness (QED) is 0.476. The largest absolute Gasteiger partial charge is 0.472 e. The Bertz CT molecular complexity index is 1450. The van der Waals surface area contributed by atoms with E-state index in [-0.39, 0.29) is 0 Å². The van der Waals surface area contributed by atoms with Crippen LogP contribution in [0.25, 0.3) is 56.0 Å². The monoisotopic (exact) mass is 379 g/mol. The van der Waals surface area contributed by atoms with Crippen molar-refractivity contribution in [3.05, 3.63) is 67.6 Å². The smallest absolute Gasteiger partial charge is 0.178 e. The molecule has 0 saturated heterocycles. The second-order valence-corrected chi connectivity index (χ2v) is 6.58. The Morgan fingerprint density at radius 1 is 0.931 bits per heavy atom. The maximum atomic E-state index is 5.23. The highest BCUT2D eigenvalue weighted by atomic mass is 16.3. The summed E-state index contributed by atoms with van der Waals surface area (Å²) in [4.78, 5) is 21.0. The van der Waals surface area contributed by atoms with Crippen LogP contribution in [0.1, 0.15) is 0 Å². The van der Waals surface area contributed by atoms with Gasteiger partial charge in [-0.1, -0.05) is 6.07 Å². The maximum Gasteiger partial charge on any atom is 0.178 e. The van der Waals surface area contributed by atoms with Crippen LogP contribution in [0.3, 0.4) is 0 Å². The third-order valence-corrected chi connectivity index (χ3v) is 4.87. The lowest BCUT2D eigenvalue weighted by Crippen LogP contribution is -1.85. The number of H-pyrrole nitrogens is 2.